The van der Waals surface area contributed by atoms with Crippen LogP contribution in [-0.2, 0) is 24.3 Å². The second-order valence-electron chi connectivity index (χ2n) is 5.64. The molecule has 28 heavy (non-hydrogen) atoms. The lowest BCUT2D eigenvalue weighted by molar-refractivity contribution is -0.133. The van der Waals surface area contributed by atoms with Gasteiger partial charge in [0.1, 0.15) is 0 Å². The standard InChI is InChI=1S/C16H16ClN5O5S/c17-12-3-2-11(28(25,26)22-6-8-27-9-7-22)10-13(12)20-14(23)15(24)21-16-18-4-1-5-19-16/h1-5,10H,6-9H2,(H,20,23)(H,18,19,21,24). The number of aromatic nitrogens is 2. The number of hydrogen-bond donors (Lipinski definition) is 2. The average Bonchev–Trinajstić information content (AvgIpc) is 2.71. The van der Waals surface area contributed by atoms with Gasteiger partial charge in [0.2, 0.25) is 16.0 Å². The van der Waals surface area contributed by atoms with E-state index in [4.69, 9.17) is 16.3 Å². The lowest BCUT2D eigenvalue weighted by Crippen LogP contribution is -2.40. The van der Waals surface area contributed by atoms with E-state index in [9.17, 15) is 18.0 Å². The van der Waals surface area contributed by atoms with Crippen LogP contribution >= 0.6 is 11.6 Å². The second-order valence-corrected chi connectivity index (χ2v) is 7.98. The van der Waals surface area contributed by atoms with E-state index in [1.807, 2.05) is 0 Å². The zero-order valence-electron chi connectivity index (χ0n) is 14.5. The van der Waals surface area contributed by atoms with Gasteiger partial charge in [0, 0.05) is 25.5 Å². The van der Waals surface area contributed by atoms with E-state index < -0.39 is 21.8 Å². The Morgan fingerprint density at radius 2 is 1.71 bits per heavy atom. The minimum atomic E-state index is -3.78. The van der Waals surface area contributed by atoms with Crippen molar-refractivity contribution in [3.05, 3.63) is 41.7 Å². The Kier molecular flexibility index (Phi) is 6.19. The number of sulfonamides is 1. The monoisotopic (exact) mass is 425 g/mol. The molecule has 10 nitrogen and oxygen atoms in total. The summed E-state index contributed by atoms with van der Waals surface area (Å²) in [6.07, 6.45) is 2.80. The fourth-order valence-electron chi connectivity index (χ4n) is 2.40. The molecule has 0 unspecified atom stereocenters. The number of benzene rings is 1. The van der Waals surface area contributed by atoms with Crippen molar-refractivity contribution in [2.24, 2.45) is 0 Å². The molecule has 2 aromatic rings. The summed E-state index contributed by atoms with van der Waals surface area (Å²) >= 11 is 6.04. The Morgan fingerprint density at radius 3 is 2.39 bits per heavy atom. The van der Waals surface area contributed by atoms with Gasteiger partial charge in [-0.1, -0.05) is 11.6 Å². The number of hydrogen-bond acceptors (Lipinski definition) is 7. The molecular weight excluding hydrogens is 410 g/mol. The summed E-state index contributed by atoms with van der Waals surface area (Å²) in [5.74, 6) is -2.11. The first kappa shape index (κ1) is 20.1. The first-order valence-corrected chi connectivity index (χ1v) is 9.96. The maximum atomic E-state index is 12.7. The molecule has 12 heteroatoms. The third kappa shape index (κ3) is 4.62. The molecule has 3 rings (SSSR count). The van der Waals surface area contributed by atoms with Crippen molar-refractivity contribution < 1.29 is 22.7 Å². The van der Waals surface area contributed by atoms with Gasteiger partial charge < -0.3 is 10.1 Å². The summed E-state index contributed by atoms with van der Waals surface area (Å²) < 4.78 is 31.9. The summed E-state index contributed by atoms with van der Waals surface area (Å²) in [5.41, 5.74) is -0.00914. The number of carbonyl (C=O) groups is 2. The number of nitrogens with zero attached hydrogens (tertiary/aromatic N) is 3. The van der Waals surface area contributed by atoms with Gasteiger partial charge in [-0.05, 0) is 24.3 Å². The predicted molar refractivity (Wildman–Crippen MR) is 100 cm³/mol. The van der Waals surface area contributed by atoms with E-state index in [0.29, 0.717) is 13.2 Å². The molecular formula is C16H16ClN5O5S. The molecule has 0 saturated carbocycles. The van der Waals surface area contributed by atoms with Crippen LogP contribution in [0, 0.1) is 0 Å². The molecule has 1 aromatic carbocycles. The van der Waals surface area contributed by atoms with Crippen molar-refractivity contribution in [2.45, 2.75) is 4.90 Å². The lowest BCUT2D eigenvalue weighted by atomic mass is 10.3. The fourth-order valence-corrected chi connectivity index (χ4v) is 4.00. The topological polar surface area (TPSA) is 131 Å². The van der Waals surface area contributed by atoms with Crippen molar-refractivity contribution in [1.29, 1.82) is 0 Å². The van der Waals surface area contributed by atoms with Crippen LogP contribution in [-0.4, -0.2) is 60.8 Å². The van der Waals surface area contributed by atoms with Crippen LogP contribution in [0.4, 0.5) is 11.6 Å². The van der Waals surface area contributed by atoms with Gasteiger partial charge in [0.15, 0.2) is 0 Å². The molecule has 1 fully saturated rings. The Hall–Kier alpha value is -2.60. The normalized spacial score (nSPS) is 15.0. The molecule has 1 aliphatic rings. The van der Waals surface area contributed by atoms with Crippen LogP contribution in [0.1, 0.15) is 0 Å². The molecule has 148 valence electrons. The van der Waals surface area contributed by atoms with Crippen molar-refractivity contribution in [1.82, 2.24) is 14.3 Å². The molecule has 2 amide bonds. The first-order chi connectivity index (χ1) is 13.4. The average molecular weight is 426 g/mol. The number of amides is 2. The Bertz CT molecular complexity index is 980. The van der Waals surface area contributed by atoms with Crippen LogP contribution in [0.5, 0.6) is 0 Å². The van der Waals surface area contributed by atoms with E-state index in [-0.39, 0.29) is 34.6 Å². The van der Waals surface area contributed by atoms with Gasteiger partial charge in [0.25, 0.3) is 0 Å². The lowest BCUT2D eigenvalue weighted by Gasteiger charge is -2.26. The van der Waals surface area contributed by atoms with Crippen molar-refractivity contribution >= 4 is 45.1 Å². The summed E-state index contributed by atoms with van der Waals surface area (Å²) in [6, 6.07) is 5.43. The number of ether oxygens (including phenoxy) is 1. The van der Waals surface area contributed by atoms with Crippen LogP contribution < -0.4 is 10.6 Å². The Labute approximate surface area is 165 Å². The van der Waals surface area contributed by atoms with E-state index in [0.717, 1.165) is 0 Å². The van der Waals surface area contributed by atoms with E-state index in [1.54, 1.807) is 6.07 Å². The predicted octanol–water partition coefficient (Wildman–Crippen LogP) is 0.728. The molecule has 0 bridgehead atoms. The molecule has 0 spiro atoms. The van der Waals surface area contributed by atoms with Crippen molar-refractivity contribution in [2.75, 3.05) is 36.9 Å². The molecule has 0 atom stereocenters. The zero-order valence-corrected chi connectivity index (χ0v) is 16.0. The number of morpholine rings is 1. The maximum Gasteiger partial charge on any atom is 0.316 e. The highest BCUT2D eigenvalue weighted by atomic mass is 35.5. The number of carbonyl (C=O) groups excluding carboxylic acids is 2. The molecule has 1 saturated heterocycles. The van der Waals surface area contributed by atoms with E-state index >= 15 is 0 Å². The third-order valence-corrected chi connectivity index (χ3v) is 6.02. The highest BCUT2D eigenvalue weighted by molar-refractivity contribution is 7.89. The molecule has 0 aliphatic carbocycles. The summed E-state index contributed by atoms with van der Waals surface area (Å²) in [5, 5.41) is 4.60. The van der Waals surface area contributed by atoms with Gasteiger partial charge in [0.05, 0.1) is 28.8 Å². The summed E-state index contributed by atoms with van der Waals surface area (Å²) in [4.78, 5) is 31.6. The molecule has 2 heterocycles. The Balaban J connectivity index is 1.76. The number of rotatable bonds is 4. The number of nitrogens with one attached hydrogen (secondary N) is 2. The van der Waals surface area contributed by atoms with Crippen LogP contribution in [0.3, 0.4) is 0 Å². The highest BCUT2D eigenvalue weighted by Crippen LogP contribution is 2.27. The van der Waals surface area contributed by atoms with Crippen LogP contribution in [0.25, 0.3) is 0 Å². The van der Waals surface area contributed by atoms with Crippen LogP contribution in [0.2, 0.25) is 5.02 Å². The quantitative estimate of drug-likeness (QED) is 0.690. The minimum absolute atomic E-state index is 0.00914. The van der Waals surface area contributed by atoms with Crippen molar-refractivity contribution in [3.63, 3.8) is 0 Å². The van der Waals surface area contributed by atoms with Gasteiger partial charge in [-0.25, -0.2) is 18.4 Å². The van der Waals surface area contributed by atoms with Crippen molar-refractivity contribution in [3.8, 4) is 0 Å². The Morgan fingerprint density at radius 1 is 1.07 bits per heavy atom. The zero-order chi connectivity index (χ0) is 20.1. The van der Waals surface area contributed by atoms with Crippen LogP contribution in [0.15, 0.2) is 41.6 Å². The summed E-state index contributed by atoms with van der Waals surface area (Å²) in [6.45, 7) is 1.06. The minimum Gasteiger partial charge on any atom is -0.379 e. The van der Waals surface area contributed by atoms with E-state index in [1.165, 1.54) is 34.9 Å². The molecule has 0 radical (unpaired) electrons. The first-order valence-electron chi connectivity index (χ1n) is 8.15. The molecule has 2 N–H and O–H groups in total. The largest absolute Gasteiger partial charge is 0.379 e. The summed E-state index contributed by atoms with van der Waals surface area (Å²) in [7, 11) is -3.78. The van der Waals surface area contributed by atoms with E-state index in [2.05, 4.69) is 20.6 Å². The van der Waals surface area contributed by atoms with Gasteiger partial charge >= 0.3 is 11.8 Å². The SMILES string of the molecule is O=C(Nc1ncccn1)C(=O)Nc1cc(S(=O)(=O)N2CCOCC2)ccc1Cl. The fraction of sp³-hybridized carbons (Fsp3) is 0.250. The third-order valence-electron chi connectivity index (χ3n) is 3.79. The number of anilines is 2. The molecule has 1 aromatic heterocycles. The smallest absolute Gasteiger partial charge is 0.316 e. The molecule has 1 aliphatic heterocycles. The second kappa shape index (κ2) is 8.61. The highest BCUT2D eigenvalue weighted by Gasteiger charge is 2.27. The van der Waals surface area contributed by atoms with Gasteiger partial charge in [-0.2, -0.15) is 4.31 Å². The van der Waals surface area contributed by atoms with Gasteiger partial charge in [-0.15, -0.1) is 0 Å². The number of halogens is 1. The van der Waals surface area contributed by atoms with Gasteiger partial charge in [-0.3, -0.25) is 14.9 Å². The maximum absolute atomic E-state index is 12.7.